The molecule has 1 aliphatic rings. The smallest absolute Gasteiger partial charge is 0.241 e. The lowest BCUT2D eigenvalue weighted by Crippen LogP contribution is -2.42. The monoisotopic (exact) mass is 367 g/mol. The minimum absolute atomic E-state index is 0.167. The van der Waals surface area contributed by atoms with Gasteiger partial charge >= 0.3 is 0 Å². The van der Waals surface area contributed by atoms with E-state index in [1.54, 1.807) is 12.1 Å². The lowest BCUT2D eigenvalue weighted by molar-refractivity contribution is -0.125. The van der Waals surface area contributed by atoms with E-state index >= 15 is 0 Å². The number of benzene rings is 1. The molecule has 1 aromatic carbocycles. The molecule has 0 fully saturated rings. The van der Waals surface area contributed by atoms with E-state index in [9.17, 15) is 18.0 Å². The van der Waals surface area contributed by atoms with Crippen LogP contribution in [0.1, 0.15) is 37.3 Å². The number of carbonyl (C=O) groups excluding carboxylic acids is 2. The lowest BCUT2D eigenvalue weighted by atomic mass is 9.92. The number of sulfonamides is 1. The summed E-state index contributed by atoms with van der Waals surface area (Å²) in [4.78, 5) is 23.3. The van der Waals surface area contributed by atoms with Crippen LogP contribution in [0.25, 0.3) is 0 Å². The minimum Gasteiger partial charge on any atom is -0.355 e. The van der Waals surface area contributed by atoms with Gasteiger partial charge in [0.05, 0.1) is 18.0 Å². The normalized spacial score (nSPS) is 13.8. The molecule has 2 rings (SSSR count). The van der Waals surface area contributed by atoms with Gasteiger partial charge in [0.2, 0.25) is 21.8 Å². The van der Waals surface area contributed by atoms with Gasteiger partial charge in [-0.25, -0.2) is 13.1 Å². The first kappa shape index (κ1) is 19.4. The van der Waals surface area contributed by atoms with Crippen LogP contribution in [-0.4, -0.2) is 39.9 Å². The summed E-state index contributed by atoms with van der Waals surface area (Å²) >= 11 is 0. The van der Waals surface area contributed by atoms with Gasteiger partial charge < -0.3 is 10.6 Å². The zero-order valence-corrected chi connectivity index (χ0v) is 15.2. The first-order chi connectivity index (χ1) is 11.9. The summed E-state index contributed by atoms with van der Waals surface area (Å²) in [6.45, 7) is 1.90. The van der Waals surface area contributed by atoms with Crippen LogP contribution >= 0.6 is 0 Å². The van der Waals surface area contributed by atoms with Crippen molar-refractivity contribution in [2.75, 3.05) is 19.6 Å². The van der Waals surface area contributed by atoms with Crippen molar-refractivity contribution in [1.82, 2.24) is 15.4 Å². The predicted octanol–water partition coefficient (Wildman–Crippen LogP) is 0.486. The Morgan fingerprint density at radius 3 is 2.40 bits per heavy atom. The minimum atomic E-state index is -3.75. The summed E-state index contributed by atoms with van der Waals surface area (Å²) in [5.74, 6) is -0.846. The van der Waals surface area contributed by atoms with Crippen molar-refractivity contribution in [2.24, 2.45) is 0 Å². The van der Waals surface area contributed by atoms with Crippen LogP contribution < -0.4 is 15.4 Å². The first-order valence-electron chi connectivity index (χ1n) is 8.57. The van der Waals surface area contributed by atoms with Gasteiger partial charge in [-0.3, -0.25) is 9.59 Å². The van der Waals surface area contributed by atoms with E-state index in [-0.39, 0.29) is 17.3 Å². The second kappa shape index (κ2) is 8.96. The average Bonchev–Trinajstić information content (AvgIpc) is 2.62. The van der Waals surface area contributed by atoms with Crippen LogP contribution in [0.3, 0.4) is 0 Å². The SMILES string of the molecule is CCCNC(=O)CNC(=O)CNS(=O)(=O)c1ccc2c(c1)CCCC2. The quantitative estimate of drug-likeness (QED) is 0.622. The Kier molecular flexibility index (Phi) is 6.95. The van der Waals surface area contributed by atoms with Gasteiger partial charge in [0.25, 0.3) is 0 Å². The number of nitrogens with one attached hydrogen (secondary N) is 3. The molecule has 138 valence electrons. The molecule has 7 nitrogen and oxygen atoms in total. The summed E-state index contributed by atoms with van der Waals surface area (Å²) < 4.78 is 26.9. The van der Waals surface area contributed by atoms with Crippen molar-refractivity contribution in [3.05, 3.63) is 29.3 Å². The molecule has 0 saturated heterocycles. The molecule has 3 N–H and O–H groups in total. The maximum atomic E-state index is 12.3. The molecule has 0 aromatic heterocycles. The maximum absolute atomic E-state index is 12.3. The Morgan fingerprint density at radius 1 is 1.00 bits per heavy atom. The van der Waals surface area contributed by atoms with Crippen molar-refractivity contribution in [1.29, 1.82) is 0 Å². The van der Waals surface area contributed by atoms with Gasteiger partial charge in [-0.15, -0.1) is 0 Å². The third-order valence-electron chi connectivity index (χ3n) is 4.07. The van der Waals surface area contributed by atoms with Crippen LogP contribution in [0.2, 0.25) is 0 Å². The van der Waals surface area contributed by atoms with Gasteiger partial charge in [0, 0.05) is 6.54 Å². The summed E-state index contributed by atoms with van der Waals surface area (Å²) in [5, 5.41) is 5.01. The second-order valence-corrected chi connectivity index (χ2v) is 7.86. The summed E-state index contributed by atoms with van der Waals surface area (Å²) in [6.07, 6.45) is 4.85. The van der Waals surface area contributed by atoms with E-state index < -0.39 is 22.5 Å². The number of hydrogen-bond donors (Lipinski definition) is 3. The third-order valence-corrected chi connectivity index (χ3v) is 5.47. The third kappa shape index (κ3) is 5.82. The van der Waals surface area contributed by atoms with E-state index in [1.165, 1.54) is 5.56 Å². The lowest BCUT2D eigenvalue weighted by Gasteiger charge is -2.16. The Bertz CT molecular complexity index is 731. The zero-order valence-electron chi connectivity index (χ0n) is 14.4. The highest BCUT2D eigenvalue weighted by Crippen LogP contribution is 2.23. The van der Waals surface area contributed by atoms with Gasteiger partial charge in [-0.05, 0) is 55.4 Å². The number of rotatable bonds is 8. The van der Waals surface area contributed by atoms with E-state index in [1.807, 2.05) is 13.0 Å². The van der Waals surface area contributed by atoms with Crippen molar-refractivity contribution in [3.8, 4) is 0 Å². The van der Waals surface area contributed by atoms with Crippen molar-refractivity contribution >= 4 is 21.8 Å². The highest BCUT2D eigenvalue weighted by Gasteiger charge is 2.18. The molecule has 1 aromatic rings. The first-order valence-corrected chi connectivity index (χ1v) is 10.1. The highest BCUT2D eigenvalue weighted by molar-refractivity contribution is 7.89. The molecule has 0 heterocycles. The Labute approximate surface area is 148 Å². The molecule has 8 heteroatoms. The van der Waals surface area contributed by atoms with Gasteiger partial charge in [0.15, 0.2) is 0 Å². The fourth-order valence-electron chi connectivity index (χ4n) is 2.69. The van der Waals surface area contributed by atoms with Crippen LogP contribution in [0, 0.1) is 0 Å². The Balaban J connectivity index is 1.86. The molecule has 2 amide bonds. The van der Waals surface area contributed by atoms with E-state index in [0.717, 1.165) is 37.7 Å². The molecule has 0 spiro atoms. The summed E-state index contributed by atoms with van der Waals surface area (Å²) in [6, 6.07) is 5.11. The number of fused-ring (bicyclic) bond motifs is 1. The predicted molar refractivity (Wildman–Crippen MR) is 94.6 cm³/mol. The second-order valence-electron chi connectivity index (χ2n) is 6.09. The van der Waals surface area contributed by atoms with Crippen LogP contribution in [0.4, 0.5) is 0 Å². The van der Waals surface area contributed by atoms with Crippen molar-refractivity contribution in [3.63, 3.8) is 0 Å². The average molecular weight is 367 g/mol. The van der Waals surface area contributed by atoms with Crippen LogP contribution in [0.5, 0.6) is 0 Å². The van der Waals surface area contributed by atoms with E-state index in [4.69, 9.17) is 0 Å². The Morgan fingerprint density at radius 2 is 1.68 bits per heavy atom. The van der Waals surface area contributed by atoms with Crippen molar-refractivity contribution in [2.45, 2.75) is 43.9 Å². The summed E-state index contributed by atoms with van der Waals surface area (Å²) in [5.41, 5.74) is 2.26. The fraction of sp³-hybridized carbons (Fsp3) is 0.529. The maximum Gasteiger partial charge on any atom is 0.241 e. The standard InChI is InChI=1S/C17H25N3O4S/c1-2-9-18-16(21)11-19-17(22)12-20-25(23,24)15-8-7-13-5-3-4-6-14(13)10-15/h7-8,10,20H,2-6,9,11-12H2,1H3,(H,18,21)(H,19,22). The summed E-state index contributed by atoms with van der Waals surface area (Å²) in [7, 11) is -3.75. The molecular formula is C17H25N3O4S. The molecular weight excluding hydrogens is 342 g/mol. The van der Waals surface area contributed by atoms with Gasteiger partial charge in [-0.2, -0.15) is 0 Å². The molecule has 25 heavy (non-hydrogen) atoms. The largest absolute Gasteiger partial charge is 0.355 e. The number of amides is 2. The van der Waals surface area contributed by atoms with Crippen LogP contribution in [-0.2, 0) is 32.5 Å². The molecule has 0 unspecified atom stereocenters. The zero-order chi connectivity index (χ0) is 18.3. The highest BCUT2D eigenvalue weighted by atomic mass is 32.2. The number of carbonyl (C=O) groups is 2. The number of aryl methyl sites for hydroxylation is 2. The van der Waals surface area contributed by atoms with Gasteiger partial charge in [-0.1, -0.05) is 13.0 Å². The Hall–Kier alpha value is -1.93. The fourth-order valence-corrected chi connectivity index (χ4v) is 3.72. The van der Waals surface area contributed by atoms with Gasteiger partial charge in [0.1, 0.15) is 0 Å². The van der Waals surface area contributed by atoms with E-state index in [2.05, 4.69) is 15.4 Å². The molecule has 0 saturated carbocycles. The molecule has 1 aliphatic carbocycles. The topological polar surface area (TPSA) is 104 Å². The molecule has 0 aliphatic heterocycles. The van der Waals surface area contributed by atoms with E-state index in [0.29, 0.717) is 6.54 Å². The van der Waals surface area contributed by atoms with Crippen LogP contribution in [0.15, 0.2) is 23.1 Å². The van der Waals surface area contributed by atoms with Crippen molar-refractivity contribution < 1.29 is 18.0 Å². The molecule has 0 radical (unpaired) electrons. The molecule has 0 bridgehead atoms. The number of hydrogen-bond acceptors (Lipinski definition) is 4. The molecule has 0 atom stereocenters.